The standard InChI is InChI=1S/C11H11N5O2/c12-10-8-5-7(1-3-15(8)6-13-10)16-4-2-9(17)14-11(16)18/h1,3,5-6H,2,4,12H2,(H,14,17,18). The Morgan fingerprint density at radius 3 is 3.00 bits per heavy atom. The van der Waals surface area contributed by atoms with E-state index in [0.717, 1.165) is 5.52 Å². The van der Waals surface area contributed by atoms with Crippen molar-refractivity contribution in [2.24, 2.45) is 0 Å². The van der Waals surface area contributed by atoms with E-state index in [9.17, 15) is 9.59 Å². The van der Waals surface area contributed by atoms with Gasteiger partial charge in [-0.2, -0.15) is 0 Å². The molecule has 0 unspecified atom stereocenters. The first-order valence-electron chi connectivity index (χ1n) is 5.49. The van der Waals surface area contributed by atoms with Crippen molar-refractivity contribution in [2.75, 3.05) is 17.2 Å². The molecule has 0 spiro atoms. The predicted octanol–water partition coefficient (Wildman–Crippen LogP) is 0.363. The third kappa shape index (κ3) is 1.56. The molecule has 3 rings (SSSR count). The number of nitrogens with one attached hydrogen (secondary N) is 1. The van der Waals surface area contributed by atoms with Crippen molar-refractivity contribution in [3.8, 4) is 0 Å². The molecule has 0 aromatic carbocycles. The third-order valence-corrected chi connectivity index (χ3v) is 2.92. The van der Waals surface area contributed by atoms with E-state index in [-0.39, 0.29) is 5.91 Å². The molecule has 3 amide bonds. The van der Waals surface area contributed by atoms with E-state index in [2.05, 4.69) is 10.3 Å². The van der Waals surface area contributed by atoms with Crippen LogP contribution in [0.25, 0.3) is 5.52 Å². The van der Waals surface area contributed by atoms with Gasteiger partial charge in [-0.15, -0.1) is 0 Å². The average Bonchev–Trinajstić information content (AvgIpc) is 2.71. The molecule has 2 aromatic heterocycles. The number of anilines is 2. The van der Waals surface area contributed by atoms with Crippen molar-refractivity contribution in [3.63, 3.8) is 0 Å². The number of aromatic nitrogens is 2. The summed E-state index contributed by atoms with van der Waals surface area (Å²) < 4.78 is 1.77. The first kappa shape index (κ1) is 10.6. The number of pyridine rings is 1. The van der Waals surface area contributed by atoms with E-state index in [0.29, 0.717) is 24.5 Å². The van der Waals surface area contributed by atoms with Gasteiger partial charge in [-0.05, 0) is 12.1 Å². The number of carbonyl (C=O) groups excluding carboxylic acids is 2. The molecule has 7 nitrogen and oxygen atoms in total. The molecular formula is C11H11N5O2. The number of imidazole rings is 1. The van der Waals surface area contributed by atoms with Crippen molar-refractivity contribution in [3.05, 3.63) is 24.7 Å². The van der Waals surface area contributed by atoms with E-state index in [4.69, 9.17) is 5.73 Å². The van der Waals surface area contributed by atoms with Crippen molar-refractivity contribution < 1.29 is 9.59 Å². The summed E-state index contributed by atoms with van der Waals surface area (Å²) in [5.41, 5.74) is 7.15. The second-order valence-electron chi connectivity index (χ2n) is 4.06. The van der Waals surface area contributed by atoms with Gasteiger partial charge in [-0.1, -0.05) is 0 Å². The Morgan fingerprint density at radius 2 is 2.22 bits per heavy atom. The van der Waals surface area contributed by atoms with Gasteiger partial charge in [0.2, 0.25) is 5.91 Å². The van der Waals surface area contributed by atoms with E-state index in [1.54, 1.807) is 29.1 Å². The lowest BCUT2D eigenvalue weighted by molar-refractivity contribution is -0.120. The summed E-state index contributed by atoms with van der Waals surface area (Å²) in [4.78, 5) is 28.3. The van der Waals surface area contributed by atoms with Gasteiger partial charge in [0.15, 0.2) is 0 Å². The third-order valence-electron chi connectivity index (χ3n) is 2.92. The van der Waals surface area contributed by atoms with Crippen LogP contribution in [0.5, 0.6) is 0 Å². The lowest BCUT2D eigenvalue weighted by atomic mass is 10.2. The lowest BCUT2D eigenvalue weighted by Crippen LogP contribution is -2.49. The second-order valence-corrected chi connectivity index (χ2v) is 4.06. The minimum absolute atomic E-state index is 0.249. The Balaban J connectivity index is 2.01. The van der Waals surface area contributed by atoms with Crippen LogP contribution in [0, 0.1) is 0 Å². The highest BCUT2D eigenvalue weighted by Crippen LogP contribution is 2.21. The van der Waals surface area contributed by atoms with Gasteiger partial charge in [0.25, 0.3) is 0 Å². The topological polar surface area (TPSA) is 92.7 Å². The zero-order valence-electron chi connectivity index (χ0n) is 9.46. The van der Waals surface area contributed by atoms with Gasteiger partial charge in [0.05, 0.1) is 5.52 Å². The molecule has 1 fully saturated rings. The number of rotatable bonds is 1. The molecule has 0 aliphatic carbocycles. The number of carbonyl (C=O) groups is 2. The Morgan fingerprint density at radius 1 is 1.39 bits per heavy atom. The Bertz CT molecular complexity index is 648. The molecular weight excluding hydrogens is 234 g/mol. The quantitative estimate of drug-likeness (QED) is 0.758. The van der Waals surface area contributed by atoms with Crippen LogP contribution in [0.1, 0.15) is 6.42 Å². The number of imide groups is 1. The highest BCUT2D eigenvalue weighted by molar-refractivity contribution is 6.05. The van der Waals surface area contributed by atoms with Crippen LogP contribution >= 0.6 is 0 Å². The lowest BCUT2D eigenvalue weighted by Gasteiger charge is -2.26. The number of nitrogen functional groups attached to an aromatic ring is 1. The van der Waals surface area contributed by atoms with Gasteiger partial charge in [-0.3, -0.25) is 15.0 Å². The molecule has 92 valence electrons. The smallest absolute Gasteiger partial charge is 0.328 e. The normalized spacial score (nSPS) is 16.1. The van der Waals surface area contributed by atoms with Crippen LogP contribution in [-0.2, 0) is 4.79 Å². The molecule has 2 aromatic rings. The van der Waals surface area contributed by atoms with Gasteiger partial charge < -0.3 is 10.1 Å². The fraction of sp³-hybridized carbons (Fsp3) is 0.182. The number of hydrogen-bond donors (Lipinski definition) is 2. The number of fused-ring (bicyclic) bond motifs is 1. The molecule has 0 saturated carbocycles. The Labute approximate surface area is 102 Å². The van der Waals surface area contributed by atoms with Crippen LogP contribution in [0.3, 0.4) is 0 Å². The van der Waals surface area contributed by atoms with Gasteiger partial charge >= 0.3 is 6.03 Å². The number of nitrogens with two attached hydrogens (primary N) is 1. The van der Waals surface area contributed by atoms with Crippen LogP contribution in [-0.4, -0.2) is 27.9 Å². The number of amides is 3. The Kier molecular flexibility index (Phi) is 2.19. The molecule has 0 bridgehead atoms. The van der Waals surface area contributed by atoms with E-state index in [1.807, 2.05) is 0 Å². The van der Waals surface area contributed by atoms with Crippen LogP contribution in [0.4, 0.5) is 16.3 Å². The number of hydrogen-bond acceptors (Lipinski definition) is 4. The number of urea groups is 1. The predicted molar refractivity (Wildman–Crippen MR) is 65.1 cm³/mol. The van der Waals surface area contributed by atoms with Crippen molar-refractivity contribution in [1.29, 1.82) is 0 Å². The second kappa shape index (κ2) is 3.73. The first-order chi connectivity index (χ1) is 8.65. The molecule has 3 N–H and O–H groups in total. The van der Waals surface area contributed by atoms with E-state index in [1.165, 1.54) is 4.90 Å². The summed E-state index contributed by atoms with van der Waals surface area (Å²) in [5, 5.41) is 2.28. The fourth-order valence-corrected chi connectivity index (χ4v) is 1.98. The summed E-state index contributed by atoms with van der Waals surface area (Å²) in [7, 11) is 0. The first-order valence-corrected chi connectivity index (χ1v) is 5.49. The zero-order valence-corrected chi connectivity index (χ0v) is 9.46. The highest BCUT2D eigenvalue weighted by atomic mass is 16.2. The van der Waals surface area contributed by atoms with Crippen LogP contribution in [0.15, 0.2) is 24.7 Å². The molecule has 0 radical (unpaired) electrons. The van der Waals surface area contributed by atoms with E-state index < -0.39 is 6.03 Å². The molecule has 1 aliphatic rings. The van der Waals surface area contributed by atoms with Gasteiger partial charge in [0.1, 0.15) is 12.1 Å². The summed E-state index contributed by atoms with van der Waals surface area (Å²) in [6.07, 6.45) is 3.68. The van der Waals surface area contributed by atoms with Crippen molar-refractivity contribution in [1.82, 2.24) is 14.7 Å². The van der Waals surface area contributed by atoms with Crippen LogP contribution in [0.2, 0.25) is 0 Å². The molecule has 0 atom stereocenters. The van der Waals surface area contributed by atoms with Crippen molar-refractivity contribution in [2.45, 2.75) is 6.42 Å². The minimum Gasteiger partial charge on any atom is -0.382 e. The van der Waals surface area contributed by atoms with Crippen LogP contribution < -0.4 is 16.0 Å². The molecule has 1 saturated heterocycles. The monoisotopic (exact) mass is 245 g/mol. The maximum atomic E-state index is 11.7. The minimum atomic E-state index is -0.409. The fourth-order valence-electron chi connectivity index (χ4n) is 1.98. The average molecular weight is 245 g/mol. The summed E-state index contributed by atoms with van der Waals surface area (Å²) in [6, 6.07) is 3.15. The SMILES string of the molecule is Nc1ncn2ccc(N3CCC(=O)NC3=O)cc12. The molecule has 18 heavy (non-hydrogen) atoms. The maximum absolute atomic E-state index is 11.7. The zero-order chi connectivity index (χ0) is 12.7. The summed E-state index contributed by atoms with van der Waals surface area (Å²) in [5.74, 6) is 0.159. The highest BCUT2D eigenvalue weighted by Gasteiger charge is 2.24. The maximum Gasteiger partial charge on any atom is 0.328 e. The summed E-state index contributed by atoms with van der Waals surface area (Å²) in [6.45, 7) is 0.370. The Hall–Kier alpha value is -2.57. The van der Waals surface area contributed by atoms with Gasteiger partial charge in [0, 0.05) is 24.8 Å². The largest absolute Gasteiger partial charge is 0.382 e. The summed E-state index contributed by atoms with van der Waals surface area (Å²) >= 11 is 0. The molecule has 1 aliphatic heterocycles. The number of nitrogens with zero attached hydrogens (tertiary/aromatic N) is 3. The van der Waals surface area contributed by atoms with Crippen molar-refractivity contribution >= 4 is 29.0 Å². The molecule has 7 heteroatoms. The molecule has 3 heterocycles. The van der Waals surface area contributed by atoms with Gasteiger partial charge in [-0.25, -0.2) is 9.78 Å². The van der Waals surface area contributed by atoms with E-state index >= 15 is 0 Å².